The smallest absolute Gasteiger partial charge is 0.321 e. The van der Waals surface area contributed by atoms with Crippen molar-refractivity contribution in [2.75, 3.05) is 19.7 Å². The number of aliphatic hydroxyl groups is 1. The third-order valence-electron chi connectivity index (χ3n) is 4.00. The third kappa shape index (κ3) is 4.18. The lowest BCUT2D eigenvalue weighted by Gasteiger charge is -2.21. The van der Waals surface area contributed by atoms with Crippen LogP contribution in [-0.4, -0.2) is 53.7 Å². The molecule has 6 nitrogen and oxygen atoms in total. The normalized spacial score (nSPS) is 24.6. The topological polar surface area (TPSA) is 81.7 Å². The molecule has 0 spiro atoms. The van der Waals surface area contributed by atoms with Crippen molar-refractivity contribution in [3.05, 3.63) is 0 Å². The molecule has 1 saturated carbocycles. The first-order valence-electron chi connectivity index (χ1n) is 7.14. The van der Waals surface area contributed by atoms with Crippen LogP contribution in [0, 0.1) is 0 Å². The molecular formula is C13H23N3O3. The van der Waals surface area contributed by atoms with Crippen LogP contribution in [0.5, 0.6) is 0 Å². The highest BCUT2D eigenvalue weighted by Gasteiger charge is 2.26. The van der Waals surface area contributed by atoms with Crippen LogP contribution in [0.15, 0.2) is 0 Å². The number of nitrogens with zero attached hydrogens (tertiary/aromatic N) is 1. The van der Waals surface area contributed by atoms with Crippen LogP contribution in [0.3, 0.4) is 0 Å². The number of likely N-dealkylation sites (tertiary alicyclic amines) is 1. The minimum atomic E-state index is -0.392. The summed E-state index contributed by atoms with van der Waals surface area (Å²) in [5.41, 5.74) is 0. The lowest BCUT2D eigenvalue weighted by Crippen LogP contribution is -2.48. The van der Waals surface area contributed by atoms with Crippen LogP contribution in [-0.2, 0) is 4.79 Å². The molecule has 2 aliphatic rings. The monoisotopic (exact) mass is 269 g/mol. The van der Waals surface area contributed by atoms with Crippen molar-refractivity contribution in [3.8, 4) is 0 Å². The van der Waals surface area contributed by atoms with Gasteiger partial charge in [0.25, 0.3) is 0 Å². The summed E-state index contributed by atoms with van der Waals surface area (Å²) in [4.78, 5) is 25.3. The van der Waals surface area contributed by atoms with Crippen molar-refractivity contribution < 1.29 is 14.7 Å². The van der Waals surface area contributed by atoms with Crippen molar-refractivity contribution in [2.45, 2.75) is 50.6 Å². The van der Waals surface area contributed by atoms with E-state index in [1.54, 1.807) is 0 Å². The average molecular weight is 269 g/mol. The lowest BCUT2D eigenvalue weighted by atomic mass is 10.2. The number of amides is 3. The molecule has 2 fully saturated rings. The summed E-state index contributed by atoms with van der Waals surface area (Å²) >= 11 is 0. The highest BCUT2D eigenvalue weighted by Crippen LogP contribution is 2.17. The average Bonchev–Trinajstić information content (AvgIpc) is 2.99. The number of hydrogen-bond donors (Lipinski definition) is 3. The van der Waals surface area contributed by atoms with Gasteiger partial charge < -0.3 is 10.4 Å². The van der Waals surface area contributed by atoms with E-state index < -0.39 is 6.03 Å². The van der Waals surface area contributed by atoms with Crippen LogP contribution in [0.2, 0.25) is 0 Å². The fourth-order valence-electron chi connectivity index (χ4n) is 2.95. The van der Waals surface area contributed by atoms with E-state index in [1.807, 2.05) is 4.90 Å². The maximum atomic E-state index is 11.7. The summed E-state index contributed by atoms with van der Waals surface area (Å²) in [5.74, 6) is -0.296. The number of nitrogens with one attached hydrogen (secondary N) is 2. The van der Waals surface area contributed by atoms with E-state index in [1.165, 1.54) is 0 Å². The minimum Gasteiger partial charge on any atom is -0.395 e. The second-order valence-corrected chi connectivity index (χ2v) is 5.45. The number of aliphatic hydroxyl groups excluding tert-OH is 1. The molecule has 0 bridgehead atoms. The van der Waals surface area contributed by atoms with Crippen molar-refractivity contribution in [1.29, 1.82) is 0 Å². The molecule has 1 aliphatic heterocycles. The molecule has 3 amide bonds. The summed E-state index contributed by atoms with van der Waals surface area (Å²) in [5, 5.41) is 14.4. The molecule has 0 aromatic carbocycles. The van der Waals surface area contributed by atoms with Crippen molar-refractivity contribution in [2.24, 2.45) is 0 Å². The van der Waals surface area contributed by atoms with Crippen molar-refractivity contribution in [3.63, 3.8) is 0 Å². The van der Waals surface area contributed by atoms with Gasteiger partial charge in [-0.1, -0.05) is 12.8 Å². The maximum absolute atomic E-state index is 11.7. The van der Waals surface area contributed by atoms with Gasteiger partial charge in [0.2, 0.25) is 5.91 Å². The van der Waals surface area contributed by atoms with E-state index in [-0.39, 0.29) is 31.1 Å². The second-order valence-electron chi connectivity index (χ2n) is 5.45. The van der Waals surface area contributed by atoms with Gasteiger partial charge in [-0.3, -0.25) is 15.0 Å². The largest absolute Gasteiger partial charge is 0.395 e. The molecule has 6 heteroatoms. The van der Waals surface area contributed by atoms with E-state index in [2.05, 4.69) is 10.6 Å². The molecule has 0 aromatic rings. The van der Waals surface area contributed by atoms with Crippen LogP contribution >= 0.6 is 0 Å². The molecule has 1 atom stereocenters. The summed E-state index contributed by atoms with van der Waals surface area (Å²) < 4.78 is 0. The van der Waals surface area contributed by atoms with Gasteiger partial charge in [0.05, 0.1) is 13.2 Å². The molecule has 0 aromatic heterocycles. The Hall–Kier alpha value is -1.14. The number of urea groups is 1. The molecule has 1 unspecified atom stereocenters. The maximum Gasteiger partial charge on any atom is 0.321 e. The van der Waals surface area contributed by atoms with Gasteiger partial charge in [-0.15, -0.1) is 0 Å². The zero-order chi connectivity index (χ0) is 13.7. The second kappa shape index (κ2) is 6.86. The first kappa shape index (κ1) is 14.3. The Bertz CT molecular complexity index is 329. The first-order chi connectivity index (χ1) is 9.19. The Kier molecular flexibility index (Phi) is 5.15. The van der Waals surface area contributed by atoms with Gasteiger partial charge in [0, 0.05) is 12.1 Å². The lowest BCUT2D eigenvalue weighted by molar-refractivity contribution is -0.121. The minimum absolute atomic E-state index is 0.0589. The Morgan fingerprint density at radius 1 is 1.16 bits per heavy atom. The Balaban J connectivity index is 1.69. The van der Waals surface area contributed by atoms with Crippen LogP contribution in [0.25, 0.3) is 0 Å². The van der Waals surface area contributed by atoms with E-state index in [4.69, 9.17) is 5.11 Å². The molecule has 1 aliphatic carbocycles. The van der Waals surface area contributed by atoms with Crippen LogP contribution in [0.1, 0.15) is 38.5 Å². The van der Waals surface area contributed by atoms with Crippen molar-refractivity contribution >= 4 is 11.9 Å². The standard InChI is InChI=1S/C13H23N3O3/c17-9-11-6-3-7-16(11)8-12(18)15-13(19)14-10-4-1-2-5-10/h10-11,17H,1-9H2,(H2,14,15,18,19). The van der Waals surface area contributed by atoms with Crippen molar-refractivity contribution in [1.82, 2.24) is 15.5 Å². The summed E-state index contributed by atoms with van der Waals surface area (Å²) in [6.07, 6.45) is 6.20. The molecule has 19 heavy (non-hydrogen) atoms. The Labute approximate surface area is 113 Å². The van der Waals surface area contributed by atoms with Gasteiger partial charge in [-0.05, 0) is 32.2 Å². The van der Waals surface area contributed by atoms with Gasteiger partial charge in [0.15, 0.2) is 0 Å². The van der Waals surface area contributed by atoms with Gasteiger partial charge in [-0.25, -0.2) is 4.79 Å². The highest BCUT2D eigenvalue weighted by molar-refractivity contribution is 5.95. The molecule has 0 radical (unpaired) electrons. The number of imide groups is 1. The quantitative estimate of drug-likeness (QED) is 0.681. The Morgan fingerprint density at radius 2 is 1.89 bits per heavy atom. The fraction of sp³-hybridized carbons (Fsp3) is 0.846. The zero-order valence-electron chi connectivity index (χ0n) is 11.2. The fourth-order valence-corrected chi connectivity index (χ4v) is 2.95. The molecule has 108 valence electrons. The van der Waals surface area contributed by atoms with E-state index in [9.17, 15) is 9.59 Å². The summed E-state index contributed by atoms with van der Waals surface area (Å²) in [6.45, 7) is 1.06. The van der Waals surface area contributed by atoms with Gasteiger partial charge in [-0.2, -0.15) is 0 Å². The van der Waals surface area contributed by atoms with Gasteiger partial charge in [0.1, 0.15) is 0 Å². The number of hydrogen-bond acceptors (Lipinski definition) is 4. The third-order valence-corrected chi connectivity index (χ3v) is 4.00. The molecule has 1 saturated heterocycles. The zero-order valence-corrected chi connectivity index (χ0v) is 11.2. The molecule has 1 heterocycles. The van der Waals surface area contributed by atoms with Gasteiger partial charge >= 0.3 is 6.03 Å². The molecule has 2 rings (SSSR count). The predicted octanol–water partition coefficient (Wildman–Crippen LogP) is 0.212. The van der Waals surface area contributed by atoms with E-state index in [0.29, 0.717) is 0 Å². The number of rotatable bonds is 4. The van der Waals surface area contributed by atoms with E-state index >= 15 is 0 Å². The molecular weight excluding hydrogens is 246 g/mol. The number of carbonyl (C=O) groups is 2. The molecule has 3 N–H and O–H groups in total. The summed E-state index contributed by atoms with van der Waals surface area (Å²) in [6, 6.07) is -0.120. The predicted molar refractivity (Wildman–Crippen MR) is 70.6 cm³/mol. The SMILES string of the molecule is O=C(CN1CCCC1CO)NC(=O)NC1CCCC1. The van der Waals surface area contributed by atoms with E-state index in [0.717, 1.165) is 45.1 Å². The first-order valence-corrected chi connectivity index (χ1v) is 7.14. The van der Waals surface area contributed by atoms with Crippen LogP contribution < -0.4 is 10.6 Å². The number of carbonyl (C=O) groups excluding carboxylic acids is 2. The Morgan fingerprint density at radius 3 is 2.58 bits per heavy atom. The highest BCUT2D eigenvalue weighted by atomic mass is 16.3. The van der Waals surface area contributed by atoms with Crippen LogP contribution in [0.4, 0.5) is 4.79 Å². The summed E-state index contributed by atoms with van der Waals surface area (Å²) in [7, 11) is 0.